The molecule has 2 aromatic rings. The first-order chi connectivity index (χ1) is 14.4. The number of ether oxygens (including phenoxy) is 1. The molecule has 1 N–H and O–H groups in total. The van der Waals surface area contributed by atoms with Crippen LogP contribution >= 0.6 is 23.2 Å². The summed E-state index contributed by atoms with van der Waals surface area (Å²) < 4.78 is 5.09. The summed E-state index contributed by atoms with van der Waals surface area (Å²) in [5.41, 5.74) is 2.89. The van der Waals surface area contributed by atoms with Crippen molar-refractivity contribution in [1.82, 2.24) is 4.90 Å². The van der Waals surface area contributed by atoms with Crippen LogP contribution in [0.15, 0.2) is 36.4 Å². The number of nitrogens with one attached hydrogen (secondary N) is 1. The minimum absolute atomic E-state index is 0.0108. The Morgan fingerprint density at radius 1 is 1.17 bits per heavy atom. The molecule has 1 fully saturated rings. The molecule has 0 atom stereocenters. The molecule has 160 valence electrons. The van der Waals surface area contributed by atoms with Gasteiger partial charge in [0.1, 0.15) is 0 Å². The fourth-order valence-electron chi connectivity index (χ4n) is 3.68. The van der Waals surface area contributed by atoms with Crippen molar-refractivity contribution in [2.45, 2.75) is 33.2 Å². The van der Waals surface area contributed by atoms with E-state index in [1.807, 2.05) is 25.1 Å². The van der Waals surface area contributed by atoms with E-state index >= 15 is 0 Å². The number of hydrogen-bond donors (Lipinski definition) is 1. The molecule has 0 spiro atoms. The van der Waals surface area contributed by atoms with Crippen molar-refractivity contribution in [3.05, 3.63) is 63.1 Å². The number of amides is 1. The zero-order chi connectivity index (χ0) is 21.7. The number of carbonyl (C=O) groups excluding carboxylic acids is 2. The molecule has 7 heteroatoms. The van der Waals surface area contributed by atoms with Gasteiger partial charge in [0, 0.05) is 28.2 Å². The van der Waals surface area contributed by atoms with Crippen LogP contribution in [0.25, 0.3) is 0 Å². The SMILES string of the molecule is CCOC(=O)c1cccc(NC(=O)C2CCN(Cc3ccc(Cl)cc3Cl)CC2)c1C. The van der Waals surface area contributed by atoms with E-state index in [1.165, 1.54) is 0 Å². The summed E-state index contributed by atoms with van der Waals surface area (Å²) in [6.45, 7) is 6.28. The highest BCUT2D eigenvalue weighted by molar-refractivity contribution is 6.35. The van der Waals surface area contributed by atoms with Crippen molar-refractivity contribution in [2.24, 2.45) is 5.92 Å². The molecule has 5 nitrogen and oxygen atoms in total. The average Bonchev–Trinajstić information content (AvgIpc) is 2.72. The Hall–Kier alpha value is -2.08. The van der Waals surface area contributed by atoms with E-state index in [-0.39, 0.29) is 17.8 Å². The van der Waals surface area contributed by atoms with Gasteiger partial charge in [-0.3, -0.25) is 9.69 Å². The monoisotopic (exact) mass is 448 g/mol. The van der Waals surface area contributed by atoms with Crippen molar-refractivity contribution >= 4 is 40.8 Å². The molecule has 0 saturated carbocycles. The van der Waals surface area contributed by atoms with E-state index in [0.29, 0.717) is 27.9 Å². The second-order valence-corrected chi connectivity index (χ2v) is 8.32. The average molecular weight is 449 g/mol. The molecule has 0 unspecified atom stereocenters. The summed E-state index contributed by atoms with van der Waals surface area (Å²) in [7, 11) is 0. The largest absolute Gasteiger partial charge is 0.462 e. The number of anilines is 1. The Bertz CT molecular complexity index is 925. The highest BCUT2D eigenvalue weighted by atomic mass is 35.5. The molecule has 1 aliphatic heterocycles. The molecule has 1 saturated heterocycles. The third-order valence-corrected chi connectivity index (χ3v) is 6.04. The molecule has 1 aliphatic rings. The maximum absolute atomic E-state index is 12.8. The van der Waals surface area contributed by atoms with Gasteiger partial charge in [-0.05, 0) is 75.2 Å². The highest BCUT2D eigenvalue weighted by Crippen LogP contribution is 2.26. The predicted molar refractivity (Wildman–Crippen MR) is 120 cm³/mol. The van der Waals surface area contributed by atoms with Crippen molar-refractivity contribution in [3.63, 3.8) is 0 Å². The molecule has 1 amide bonds. The lowest BCUT2D eigenvalue weighted by molar-refractivity contribution is -0.121. The van der Waals surface area contributed by atoms with Gasteiger partial charge in [0.2, 0.25) is 5.91 Å². The summed E-state index contributed by atoms with van der Waals surface area (Å²) in [5.74, 6) is -0.448. The molecule has 30 heavy (non-hydrogen) atoms. The van der Waals surface area contributed by atoms with Crippen molar-refractivity contribution in [2.75, 3.05) is 25.0 Å². The molecule has 0 bridgehead atoms. The summed E-state index contributed by atoms with van der Waals surface area (Å²) in [4.78, 5) is 27.2. The van der Waals surface area contributed by atoms with Crippen LogP contribution in [0.1, 0.15) is 41.3 Å². The lowest BCUT2D eigenvalue weighted by atomic mass is 9.95. The van der Waals surface area contributed by atoms with E-state index in [9.17, 15) is 9.59 Å². The Balaban J connectivity index is 1.57. The van der Waals surface area contributed by atoms with Gasteiger partial charge in [-0.15, -0.1) is 0 Å². The first-order valence-corrected chi connectivity index (χ1v) is 10.9. The number of benzene rings is 2. The van der Waals surface area contributed by atoms with Gasteiger partial charge in [0.15, 0.2) is 0 Å². The minimum atomic E-state index is -0.375. The van der Waals surface area contributed by atoms with E-state index in [4.69, 9.17) is 27.9 Å². The van der Waals surface area contributed by atoms with Crippen LogP contribution in [-0.4, -0.2) is 36.5 Å². The Labute approximate surface area is 187 Å². The van der Waals surface area contributed by atoms with Crippen LogP contribution in [0.4, 0.5) is 5.69 Å². The van der Waals surface area contributed by atoms with Gasteiger partial charge >= 0.3 is 5.97 Å². The fourth-order valence-corrected chi connectivity index (χ4v) is 4.15. The van der Waals surface area contributed by atoms with Crippen LogP contribution in [-0.2, 0) is 16.1 Å². The maximum Gasteiger partial charge on any atom is 0.338 e. The molecular formula is C23H26Cl2N2O3. The van der Waals surface area contributed by atoms with Crippen LogP contribution in [0.2, 0.25) is 10.0 Å². The van der Waals surface area contributed by atoms with Gasteiger partial charge in [-0.25, -0.2) is 4.79 Å². The number of likely N-dealkylation sites (tertiary alicyclic amines) is 1. The Kier molecular flexibility index (Phi) is 7.75. The number of carbonyl (C=O) groups is 2. The standard InChI is InChI=1S/C23H26Cl2N2O3/c1-3-30-23(29)19-5-4-6-21(15(19)2)26-22(28)16-9-11-27(12-10-16)14-17-7-8-18(24)13-20(17)25/h4-8,13,16H,3,9-12,14H2,1-2H3,(H,26,28). The van der Waals surface area contributed by atoms with E-state index < -0.39 is 0 Å². The summed E-state index contributed by atoms with van der Waals surface area (Å²) in [6, 6.07) is 10.8. The molecule has 1 heterocycles. The van der Waals surface area contributed by atoms with Crippen molar-refractivity contribution in [3.8, 4) is 0 Å². The highest BCUT2D eigenvalue weighted by Gasteiger charge is 2.26. The number of esters is 1. The topological polar surface area (TPSA) is 58.6 Å². The molecule has 0 aliphatic carbocycles. The van der Waals surface area contributed by atoms with Gasteiger partial charge in [-0.1, -0.05) is 35.3 Å². The molecule has 3 rings (SSSR count). The molecule has 0 aromatic heterocycles. The first kappa shape index (κ1) is 22.6. The lowest BCUT2D eigenvalue weighted by Crippen LogP contribution is -2.37. The van der Waals surface area contributed by atoms with Gasteiger partial charge in [0.05, 0.1) is 12.2 Å². The zero-order valence-electron chi connectivity index (χ0n) is 17.2. The summed E-state index contributed by atoms with van der Waals surface area (Å²) in [6.07, 6.45) is 1.54. The van der Waals surface area contributed by atoms with Crippen LogP contribution in [0.5, 0.6) is 0 Å². The van der Waals surface area contributed by atoms with E-state index in [0.717, 1.165) is 43.6 Å². The lowest BCUT2D eigenvalue weighted by Gasteiger charge is -2.31. The first-order valence-electron chi connectivity index (χ1n) is 10.1. The Morgan fingerprint density at radius 2 is 1.90 bits per heavy atom. The van der Waals surface area contributed by atoms with Crippen LogP contribution < -0.4 is 5.32 Å². The quantitative estimate of drug-likeness (QED) is 0.606. The van der Waals surface area contributed by atoms with Gasteiger partial charge in [0.25, 0.3) is 0 Å². The molecule has 2 aromatic carbocycles. The maximum atomic E-state index is 12.8. The van der Waals surface area contributed by atoms with Crippen LogP contribution in [0.3, 0.4) is 0 Å². The fraction of sp³-hybridized carbons (Fsp3) is 0.391. The van der Waals surface area contributed by atoms with E-state index in [1.54, 1.807) is 25.1 Å². The molecular weight excluding hydrogens is 423 g/mol. The summed E-state index contributed by atoms with van der Waals surface area (Å²) in [5, 5.41) is 4.29. The zero-order valence-corrected chi connectivity index (χ0v) is 18.7. The smallest absolute Gasteiger partial charge is 0.338 e. The number of hydrogen-bond acceptors (Lipinski definition) is 4. The second kappa shape index (κ2) is 10.3. The number of halogens is 2. The summed E-state index contributed by atoms with van der Waals surface area (Å²) >= 11 is 12.2. The third kappa shape index (κ3) is 5.54. The Morgan fingerprint density at radius 3 is 2.57 bits per heavy atom. The van der Waals surface area contributed by atoms with Crippen molar-refractivity contribution < 1.29 is 14.3 Å². The number of piperidine rings is 1. The van der Waals surface area contributed by atoms with Crippen LogP contribution in [0, 0.1) is 12.8 Å². The van der Waals surface area contributed by atoms with E-state index in [2.05, 4.69) is 10.2 Å². The second-order valence-electron chi connectivity index (χ2n) is 7.47. The minimum Gasteiger partial charge on any atom is -0.462 e. The number of rotatable bonds is 6. The molecule has 0 radical (unpaired) electrons. The predicted octanol–water partition coefficient (Wildman–Crippen LogP) is 5.33. The van der Waals surface area contributed by atoms with Crippen molar-refractivity contribution in [1.29, 1.82) is 0 Å². The normalized spacial score (nSPS) is 15.1. The third-order valence-electron chi connectivity index (χ3n) is 5.45. The van der Waals surface area contributed by atoms with Gasteiger partial charge in [-0.2, -0.15) is 0 Å². The number of nitrogens with zero attached hydrogens (tertiary/aromatic N) is 1. The van der Waals surface area contributed by atoms with Gasteiger partial charge < -0.3 is 10.1 Å².